The molecular weight excluding hydrogens is 364 g/mol. The quantitative estimate of drug-likeness (QED) is 0.569. The molecule has 0 aliphatic carbocycles. The normalized spacial score (nSPS) is 12.4. The molecular formula is C23H24N4O2. The summed E-state index contributed by atoms with van der Waals surface area (Å²) in [6, 6.07) is 15.4. The van der Waals surface area contributed by atoms with E-state index in [-0.39, 0.29) is 11.5 Å². The number of hydrogen-bond acceptors (Lipinski definition) is 3. The van der Waals surface area contributed by atoms with Crippen LogP contribution in [0.3, 0.4) is 0 Å². The maximum Gasteiger partial charge on any atom is 0.291 e. The average molecular weight is 388 g/mol. The van der Waals surface area contributed by atoms with E-state index in [1.54, 1.807) is 13.2 Å². The topological polar surface area (TPSA) is 68.9 Å². The first-order chi connectivity index (χ1) is 14.0. The van der Waals surface area contributed by atoms with E-state index in [9.17, 15) is 9.59 Å². The minimum absolute atomic E-state index is 0.101. The van der Waals surface area contributed by atoms with Gasteiger partial charge in [-0.25, -0.2) is 4.68 Å². The fourth-order valence-corrected chi connectivity index (χ4v) is 3.93. The van der Waals surface area contributed by atoms with Crippen molar-refractivity contribution in [1.82, 2.24) is 19.7 Å². The van der Waals surface area contributed by atoms with Crippen LogP contribution in [0.4, 0.5) is 0 Å². The molecule has 1 amide bonds. The monoisotopic (exact) mass is 388 g/mol. The summed E-state index contributed by atoms with van der Waals surface area (Å²) in [5.41, 5.74) is 3.38. The number of carbonyl (C=O) groups is 1. The Morgan fingerprint density at radius 3 is 2.69 bits per heavy atom. The largest absolute Gasteiger partial charge is 0.350 e. The third-order valence-corrected chi connectivity index (χ3v) is 5.36. The molecule has 29 heavy (non-hydrogen) atoms. The van der Waals surface area contributed by atoms with Crippen molar-refractivity contribution < 1.29 is 4.79 Å². The summed E-state index contributed by atoms with van der Waals surface area (Å²) in [6.07, 6.45) is 2.27. The second-order valence-electron chi connectivity index (χ2n) is 7.35. The predicted molar refractivity (Wildman–Crippen MR) is 115 cm³/mol. The highest BCUT2D eigenvalue weighted by atomic mass is 16.2. The Morgan fingerprint density at radius 2 is 1.93 bits per heavy atom. The van der Waals surface area contributed by atoms with Gasteiger partial charge < -0.3 is 9.88 Å². The molecule has 0 saturated heterocycles. The third kappa shape index (κ3) is 3.31. The maximum atomic E-state index is 13.2. The van der Waals surface area contributed by atoms with Crippen LogP contribution in [0, 0.1) is 6.92 Å². The summed E-state index contributed by atoms with van der Waals surface area (Å²) in [5, 5.41) is 8.92. The minimum atomic E-state index is -0.489. The van der Waals surface area contributed by atoms with Crippen molar-refractivity contribution in [3.8, 4) is 0 Å². The van der Waals surface area contributed by atoms with Crippen molar-refractivity contribution >= 4 is 27.7 Å². The van der Waals surface area contributed by atoms with Gasteiger partial charge in [-0.1, -0.05) is 55.0 Å². The van der Waals surface area contributed by atoms with E-state index in [0.717, 1.165) is 27.4 Å². The van der Waals surface area contributed by atoms with Gasteiger partial charge in [-0.15, -0.1) is 0 Å². The lowest BCUT2D eigenvalue weighted by Gasteiger charge is -2.19. The molecule has 0 radical (unpaired) electrons. The van der Waals surface area contributed by atoms with Gasteiger partial charge in [0.1, 0.15) is 11.6 Å². The average Bonchev–Trinajstić information content (AvgIpc) is 3.05. The lowest BCUT2D eigenvalue weighted by Crippen LogP contribution is -2.33. The molecule has 1 atom stereocenters. The van der Waals surface area contributed by atoms with E-state index >= 15 is 0 Å². The van der Waals surface area contributed by atoms with Gasteiger partial charge in [0.15, 0.2) is 0 Å². The Bertz CT molecular complexity index is 1270. The minimum Gasteiger partial charge on any atom is -0.350 e. The Balaban J connectivity index is 1.79. The molecule has 1 N–H and O–H groups in total. The number of nitrogens with one attached hydrogen (secondary N) is 1. The molecule has 4 rings (SSSR count). The molecule has 0 fully saturated rings. The van der Waals surface area contributed by atoms with Crippen molar-refractivity contribution in [2.45, 2.75) is 32.9 Å². The summed E-state index contributed by atoms with van der Waals surface area (Å²) in [5.74, 6) is -0.101. The first-order valence-electron chi connectivity index (χ1n) is 9.79. The van der Waals surface area contributed by atoms with E-state index in [1.807, 2.05) is 60.9 Å². The molecule has 0 aliphatic rings. The zero-order chi connectivity index (χ0) is 20.5. The molecule has 0 aliphatic heterocycles. The van der Waals surface area contributed by atoms with Crippen LogP contribution in [0.25, 0.3) is 21.8 Å². The van der Waals surface area contributed by atoms with E-state index in [0.29, 0.717) is 18.5 Å². The summed E-state index contributed by atoms with van der Waals surface area (Å²) in [4.78, 5) is 26.1. The van der Waals surface area contributed by atoms with Gasteiger partial charge >= 0.3 is 0 Å². The number of para-hydroxylation sites is 1. The van der Waals surface area contributed by atoms with Crippen LogP contribution in [0.15, 0.2) is 59.5 Å². The Hall–Kier alpha value is -3.41. The van der Waals surface area contributed by atoms with Crippen LogP contribution >= 0.6 is 0 Å². The first-order valence-corrected chi connectivity index (χ1v) is 9.79. The molecule has 0 spiro atoms. The molecule has 6 nitrogen and oxygen atoms in total. The molecule has 0 bridgehead atoms. The van der Waals surface area contributed by atoms with Gasteiger partial charge in [0.2, 0.25) is 5.91 Å². The number of aromatic nitrogens is 3. The standard InChI is InChI=1S/C23H24N4O2/c1-4-19(22(28)24-13-16-9-7-8-15(2)12-16)27-20-11-6-5-10-17(20)18-14-25-26(3)23(29)21(18)27/h5-12,14,19H,4,13H2,1-3H3,(H,24,28)/t19-/m0/s1. The lowest BCUT2D eigenvalue weighted by molar-refractivity contribution is -0.124. The molecule has 4 aromatic rings. The van der Waals surface area contributed by atoms with Gasteiger partial charge in [-0.05, 0) is 25.0 Å². The molecule has 148 valence electrons. The smallest absolute Gasteiger partial charge is 0.291 e. The summed E-state index contributed by atoms with van der Waals surface area (Å²) in [7, 11) is 1.63. The van der Waals surface area contributed by atoms with Gasteiger partial charge in [0, 0.05) is 24.4 Å². The first kappa shape index (κ1) is 18.9. The van der Waals surface area contributed by atoms with Crippen molar-refractivity contribution in [2.24, 2.45) is 7.05 Å². The number of fused-ring (bicyclic) bond motifs is 3. The summed E-state index contributed by atoms with van der Waals surface area (Å²) in [6.45, 7) is 4.44. The van der Waals surface area contributed by atoms with E-state index in [1.165, 1.54) is 4.68 Å². The number of benzene rings is 2. The highest BCUT2D eigenvalue weighted by Gasteiger charge is 2.25. The SMILES string of the molecule is CC[C@@H](C(=O)NCc1cccc(C)c1)n1c2ccccc2c2cnn(C)c(=O)c21. The van der Waals surface area contributed by atoms with Crippen LogP contribution in [-0.2, 0) is 18.4 Å². The van der Waals surface area contributed by atoms with Crippen molar-refractivity contribution in [3.05, 3.63) is 76.2 Å². The van der Waals surface area contributed by atoms with Crippen LogP contribution < -0.4 is 10.9 Å². The number of hydrogen-bond donors (Lipinski definition) is 1. The zero-order valence-corrected chi connectivity index (χ0v) is 16.8. The van der Waals surface area contributed by atoms with Crippen molar-refractivity contribution in [1.29, 1.82) is 0 Å². The predicted octanol–water partition coefficient (Wildman–Crippen LogP) is 3.46. The van der Waals surface area contributed by atoms with E-state index in [4.69, 9.17) is 0 Å². The number of carbonyl (C=O) groups excluding carboxylic acids is 1. The Kier molecular flexibility index (Phi) is 4.92. The highest BCUT2D eigenvalue weighted by molar-refractivity contribution is 6.08. The van der Waals surface area contributed by atoms with Crippen molar-refractivity contribution in [3.63, 3.8) is 0 Å². The molecule has 2 aromatic heterocycles. The molecule has 2 aromatic carbocycles. The number of rotatable bonds is 5. The molecule has 0 saturated carbocycles. The van der Waals surface area contributed by atoms with Crippen LogP contribution in [0.5, 0.6) is 0 Å². The van der Waals surface area contributed by atoms with Gasteiger partial charge in [-0.3, -0.25) is 9.59 Å². The molecule has 6 heteroatoms. The number of nitrogens with zero attached hydrogens (tertiary/aromatic N) is 3. The van der Waals surface area contributed by atoms with E-state index in [2.05, 4.69) is 16.5 Å². The van der Waals surface area contributed by atoms with Gasteiger partial charge in [-0.2, -0.15) is 5.10 Å². The maximum absolute atomic E-state index is 13.2. The number of aryl methyl sites for hydroxylation is 2. The van der Waals surface area contributed by atoms with Crippen LogP contribution in [0.2, 0.25) is 0 Å². The third-order valence-electron chi connectivity index (χ3n) is 5.36. The van der Waals surface area contributed by atoms with Crippen LogP contribution in [-0.4, -0.2) is 20.3 Å². The fraction of sp³-hybridized carbons (Fsp3) is 0.261. The van der Waals surface area contributed by atoms with Gasteiger partial charge in [0.25, 0.3) is 5.56 Å². The summed E-state index contributed by atoms with van der Waals surface area (Å²) >= 11 is 0. The number of amides is 1. The van der Waals surface area contributed by atoms with Crippen LogP contribution in [0.1, 0.15) is 30.5 Å². The van der Waals surface area contributed by atoms with Gasteiger partial charge in [0.05, 0.1) is 11.7 Å². The van der Waals surface area contributed by atoms with Crippen molar-refractivity contribution in [2.75, 3.05) is 0 Å². The lowest BCUT2D eigenvalue weighted by atomic mass is 10.1. The second-order valence-corrected chi connectivity index (χ2v) is 7.35. The summed E-state index contributed by atoms with van der Waals surface area (Å²) < 4.78 is 3.19. The fourth-order valence-electron chi connectivity index (χ4n) is 3.93. The Morgan fingerprint density at radius 1 is 1.14 bits per heavy atom. The van der Waals surface area contributed by atoms with E-state index < -0.39 is 6.04 Å². The second kappa shape index (κ2) is 7.54. The Labute approximate surface area is 168 Å². The zero-order valence-electron chi connectivity index (χ0n) is 16.8. The molecule has 2 heterocycles. The highest BCUT2D eigenvalue weighted by Crippen LogP contribution is 2.30. The molecule has 0 unspecified atom stereocenters.